The summed E-state index contributed by atoms with van der Waals surface area (Å²) in [5, 5.41) is 6.75. The molecule has 112 valence electrons. The van der Waals surface area contributed by atoms with E-state index in [0.717, 1.165) is 17.5 Å². The summed E-state index contributed by atoms with van der Waals surface area (Å²) in [6.45, 7) is 2.17. The van der Waals surface area contributed by atoms with Crippen LogP contribution in [-0.2, 0) is 0 Å². The second-order valence-electron chi connectivity index (χ2n) is 6.07. The number of amides is 1. The number of nitrogen functional groups attached to an aromatic ring is 1. The molecule has 3 atom stereocenters. The number of nitrogens with one attached hydrogen (secondary N) is 2. The Morgan fingerprint density at radius 3 is 2.73 bits per heavy atom. The summed E-state index contributed by atoms with van der Waals surface area (Å²) in [6, 6.07) is 14.2. The molecule has 2 aromatic carbocycles. The van der Waals surface area contributed by atoms with Crippen LogP contribution >= 0.6 is 0 Å². The first-order valence-corrected chi connectivity index (χ1v) is 7.74. The molecule has 3 unspecified atom stereocenters. The Balaban J connectivity index is 1.83. The van der Waals surface area contributed by atoms with Crippen LogP contribution in [0.25, 0.3) is 0 Å². The maximum Gasteiger partial charge on any atom is 0.252 e. The number of rotatable bonds is 2. The van der Waals surface area contributed by atoms with Crippen molar-refractivity contribution in [2.45, 2.75) is 31.3 Å². The van der Waals surface area contributed by atoms with Gasteiger partial charge in [-0.1, -0.05) is 25.1 Å². The van der Waals surface area contributed by atoms with E-state index >= 15 is 0 Å². The number of para-hydroxylation sites is 1. The fraction of sp³-hybridized carbons (Fsp3) is 0.278. The number of fused-ring (bicyclic) bond motifs is 2. The zero-order valence-corrected chi connectivity index (χ0v) is 12.5. The number of carbonyl (C=O) groups is 1. The molecule has 2 aliphatic rings. The van der Waals surface area contributed by atoms with Crippen molar-refractivity contribution in [3.05, 3.63) is 59.2 Å². The van der Waals surface area contributed by atoms with Gasteiger partial charge in [-0.25, -0.2) is 0 Å². The number of hydrogen-bond donors (Lipinski definition) is 3. The first-order valence-electron chi connectivity index (χ1n) is 7.74. The van der Waals surface area contributed by atoms with E-state index in [1.165, 1.54) is 11.3 Å². The molecule has 0 fully saturated rings. The minimum Gasteiger partial charge on any atom is -0.399 e. The fourth-order valence-electron chi connectivity index (χ4n) is 3.82. The average molecular weight is 293 g/mol. The van der Waals surface area contributed by atoms with Crippen molar-refractivity contribution >= 4 is 17.3 Å². The predicted octanol–water partition coefficient (Wildman–Crippen LogP) is 3.04. The zero-order chi connectivity index (χ0) is 15.3. The molecule has 2 aromatic rings. The summed E-state index contributed by atoms with van der Waals surface area (Å²) in [5.41, 5.74) is 10.9. The van der Waals surface area contributed by atoms with Gasteiger partial charge in [-0.15, -0.1) is 0 Å². The molecule has 22 heavy (non-hydrogen) atoms. The smallest absolute Gasteiger partial charge is 0.252 e. The van der Waals surface area contributed by atoms with Crippen LogP contribution in [-0.4, -0.2) is 11.9 Å². The topological polar surface area (TPSA) is 67.1 Å². The molecule has 0 radical (unpaired) electrons. The lowest BCUT2D eigenvalue weighted by Crippen LogP contribution is -2.31. The van der Waals surface area contributed by atoms with Crippen molar-refractivity contribution in [1.29, 1.82) is 0 Å². The second-order valence-corrected chi connectivity index (χ2v) is 6.07. The van der Waals surface area contributed by atoms with E-state index in [2.05, 4.69) is 35.8 Å². The van der Waals surface area contributed by atoms with Gasteiger partial charge in [0.2, 0.25) is 0 Å². The molecular formula is C18H19N3O. The summed E-state index contributed by atoms with van der Waals surface area (Å²) >= 11 is 0. The molecule has 4 N–H and O–H groups in total. The average Bonchev–Trinajstić information content (AvgIpc) is 3.04. The number of hydrogen-bond acceptors (Lipinski definition) is 3. The van der Waals surface area contributed by atoms with Crippen LogP contribution in [0.3, 0.4) is 0 Å². The van der Waals surface area contributed by atoms with Crippen LogP contribution in [0.1, 0.15) is 46.8 Å². The minimum absolute atomic E-state index is 0.000709. The summed E-state index contributed by atoms with van der Waals surface area (Å²) in [6.07, 6.45) is 1.00. The van der Waals surface area contributed by atoms with Crippen LogP contribution in [0.4, 0.5) is 11.4 Å². The number of benzene rings is 2. The van der Waals surface area contributed by atoms with E-state index in [0.29, 0.717) is 11.7 Å². The van der Waals surface area contributed by atoms with Gasteiger partial charge in [0.05, 0.1) is 6.04 Å². The van der Waals surface area contributed by atoms with Crippen molar-refractivity contribution in [2.75, 3.05) is 11.1 Å². The van der Waals surface area contributed by atoms with E-state index < -0.39 is 0 Å². The number of carbonyl (C=O) groups excluding carboxylic acids is 1. The Bertz CT molecular complexity index is 756. The normalized spacial score (nSPS) is 25.3. The van der Waals surface area contributed by atoms with Crippen LogP contribution in [0.2, 0.25) is 0 Å². The molecule has 0 bridgehead atoms. The first-order chi connectivity index (χ1) is 10.7. The van der Waals surface area contributed by atoms with Crippen LogP contribution in [0.5, 0.6) is 0 Å². The standard InChI is InChI=1S/C18H19N3O/c1-2-14-16(12-5-3-4-6-15(12)20-14)17-13-9-10(19)7-8-11(13)18(22)21-17/h3-9,14,16-17,20H,2,19H2,1H3,(H,21,22). The molecule has 0 saturated heterocycles. The van der Waals surface area contributed by atoms with Gasteiger partial charge in [0.15, 0.2) is 0 Å². The molecule has 4 heteroatoms. The lowest BCUT2D eigenvalue weighted by atomic mass is 9.83. The Morgan fingerprint density at radius 2 is 1.91 bits per heavy atom. The van der Waals surface area contributed by atoms with Crippen molar-refractivity contribution < 1.29 is 4.79 Å². The van der Waals surface area contributed by atoms with E-state index in [1.54, 1.807) is 6.07 Å². The summed E-state index contributed by atoms with van der Waals surface area (Å²) in [5.74, 6) is 0.229. The van der Waals surface area contributed by atoms with Gasteiger partial charge in [0.25, 0.3) is 5.91 Å². The summed E-state index contributed by atoms with van der Waals surface area (Å²) in [4.78, 5) is 12.3. The highest BCUT2D eigenvalue weighted by atomic mass is 16.2. The van der Waals surface area contributed by atoms with Gasteiger partial charge in [0.1, 0.15) is 0 Å². The lowest BCUT2D eigenvalue weighted by molar-refractivity contribution is 0.0951. The first kappa shape index (κ1) is 13.2. The number of anilines is 2. The highest BCUT2D eigenvalue weighted by molar-refractivity contribution is 5.99. The Kier molecular flexibility index (Phi) is 2.86. The van der Waals surface area contributed by atoms with Gasteiger partial charge < -0.3 is 16.4 Å². The Labute approximate surface area is 129 Å². The van der Waals surface area contributed by atoms with Gasteiger partial charge in [-0.3, -0.25) is 4.79 Å². The van der Waals surface area contributed by atoms with E-state index in [4.69, 9.17) is 5.73 Å². The second kappa shape index (κ2) is 4.77. The maximum absolute atomic E-state index is 12.3. The third kappa shape index (κ3) is 1.80. The van der Waals surface area contributed by atoms with Crippen LogP contribution < -0.4 is 16.4 Å². The van der Waals surface area contributed by atoms with Crippen molar-refractivity contribution in [1.82, 2.24) is 5.32 Å². The van der Waals surface area contributed by atoms with E-state index in [-0.39, 0.29) is 17.9 Å². The van der Waals surface area contributed by atoms with Crippen LogP contribution in [0, 0.1) is 0 Å². The molecule has 0 spiro atoms. The molecule has 1 amide bonds. The number of nitrogens with two attached hydrogens (primary N) is 1. The highest BCUT2D eigenvalue weighted by Gasteiger charge is 2.42. The lowest BCUT2D eigenvalue weighted by Gasteiger charge is -2.26. The van der Waals surface area contributed by atoms with Crippen molar-refractivity contribution in [3.8, 4) is 0 Å². The van der Waals surface area contributed by atoms with E-state index in [1.807, 2.05) is 18.2 Å². The maximum atomic E-state index is 12.3. The molecule has 0 aromatic heterocycles. The molecule has 2 heterocycles. The third-order valence-corrected chi connectivity index (χ3v) is 4.84. The highest BCUT2D eigenvalue weighted by Crippen LogP contribution is 2.47. The van der Waals surface area contributed by atoms with Crippen molar-refractivity contribution in [2.24, 2.45) is 0 Å². The SMILES string of the molecule is CCC1Nc2ccccc2C1C1NC(=O)c2ccc(N)cc21. The zero-order valence-electron chi connectivity index (χ0n) is 12.5. The largest absolute Gasteiger partial charge is 0.399 e. The Morgan fingerprint density at radius 1 is 1.09 bits per heavy atom. The van der Waals surface area contributed by atoms with Gasteiger partial charge in [-0.05, 0) is 41.8 Å². The molecule has 0 aliphatic carbocycles. The fourth-order valence-corrected chi connectivity index (χ4v) is 3.82. The van der Waals surface area contributed by atoms with E-state index in [9.17, 15) is 4.79 Å². The van der Waals surface area contributed by atoms with Gasteiger partial charge >= 0.3 is 0 Å². The quantitative estimate of drug-likeness (QED) is 0.746. The molecule has 0 saturated carbocycles. The summed E-state index contributed by atoms with van der Waals surface area (Å²) < 4.78 is 0. The minimum atomic E-state index is -0.0212. The molecule has 4 rings (SSSR count). The molecular weight excluding hydrogens is 274 g/mol. The Hall–Kier alpha value is -2.49. The predicted molar refractivity (Wildman–Crippen MR) is 87.9 cm³/mol. The molecule has 4 nitrogen and oxygen atoms in total. The molecule has 2 aliphatic heterocycles. The van der Waals surface area contributed by atoms with Gasteiger partial charge in [0, 0.05) is 28.9 Å². The van der Waals surface area contributed by atoms with Gasteiger partial charge in [-0.2, -0.15) is 0 Å². The summed E-state index contributed by atoms with van der Waals surface area (Å²) in [7, 11) is 0. The van der Waals surface area contributed by atoms with Crippen molar-refractivity contribution in [3.63, 3.8) is 0 Å². The third-order valence-electron chi connectivity index (χ3n) is 4.84. The van der Waals surface area contributed by atoms with Crippen LogP contribution in [0.15, 0.2) is 42.5 Å². The monoisotopic (exact) mass is 293 g/mol.